The molecule has 0 saturated heterocycles. The average molecular weight is 328 g/mol. The molecule has 15 heavy (non-hydrogen) atoms. The van der Waals surface area contributed by atoms with Gasteiger partial charge in [0.25, 0.3) is 0 Å². The van der Waals surface area contributed by atoms with Crippen LogP contribution < -0.4 is 51.4 Å². The van der Waals surface area contributed by atoms with Crippen LogP contribution in [0.5, 0.6) is 0 Å². The molecule has 0 radical (unpaired) electrons. The summed E-state index contributed by atoms with van der Waals surface area (Å²) in [5.41, 5.74) is 0. The average Bonchev–Trinajstić information content (AvgIpc) is 1.88. The van der Waals surface area contributed by atoms with Crippen molar-refractivity contribution in [3.63, 3.8) is 0 Å². The van der Waals surface area contributed by atoms with E-state index < -0.39 is 13.4 Å². The molecule has 0 bridgehead atoms. The third-order valence-electron chi connectivity index (χ3n) is 0. The van der Waals surface area contributed by atoms with Gasteiger partial charge in [-0.15, -0.1) is 0 Å². The summed E-state index contributed by atoms with van der Waals surface area (Å²) in [5.74, 6) is 0. The molecule has 0 aromatic rings. The fourth-order valence-corrected chi connectivity index (χ4v) is 0. The third-order valence-corrected chi connectivity index (χ3v) is 0. The van der Waals surface area contributed by atoms with Crippen molar-refractivity contribution in [2.75, 3.05) is 0 Å². The number of hydrogen-bond acceptors (Lipinski definition) is 2. The van der Waals surface area contributed by atoms with E-state index in [0.717, 1.165) is 0 Å². The second-order valence-electron chi connectivity index (χ2n) is 1.03. The van der Waals surface area contributed by atoms with Crippen LogP contribution in [0.1, 0.15) is 29.1 Å². The van der Waals surface area contributed by atoms with E-state index in [1.807, 2.05) is 27.7 Å². The number of hydrogen-bond donors (Lipinski definition) is 6. The fraction of sp³-hybridized carbons (Fsp3) is 1.00. The summed E-state index contributed by atoms with van der Waals surface area (Å²) in [4.78, 5) is 45.3. The van der Waals surface area contributed by atoms with E-state index in [-0.39, 0.29) is 52.8 Å². The second-order valence-corrected chi connectivity index (χ2v) is 6.02. The van der Waals surface area contributed by atoms with Crippen LogP contribution in [0.2, 0.25) is 0 Å². The van der Waals surface area contributed by atoms with E-state index in [9.17, 15) is 0 Å². The van der Waals surface area contributed by atoms with Gasteiger partial charge in [0.05, 0.1) is 0 Å². The standard InChI is InChI=1S/2C2H6.K.2H3O3PS.H/c2*1-2;;2*1-4(2,3)5;/h2*1-2H3;;2*(H3,1,2,3,5);/q;;+1;;;-1. The Bertz CT molecular complexity index is 149. The molecule has 0 aliphatic heterocycles. The van der Waals surface area contributed by atoms with E-state index in [4.69, 9.17) is 29.4 Å². The first-order valence-corrected chi connectivity index (χ1v) is 8.89. The molecule has 0 aliphatic carbocycles. The molecule has 94 valence electrons. The third kappa shape index (κ3) is 496. The molecule has 0 amide bonds. The quantitative estimate of drug-likeness (QED) is 0.214. The van der Waals surface area contributed by atoms with Gasteiger partial charge in [-0.3, -0.25) is 0 Å². The fourth-order valence-electron chi connectivity index (χ4n) is 0. The Hall–Kier alpha value is 2.70. The molecule has 6 nitrogen and oxygen atoms in total. The van der Waals surface area contributed by atoms with Crippen molar-refractivity contribution in [3.8, 4) is 0 Å². The summed E-state index contributed by atoms with van der Waals surface area (Å²) >= 11 is 7.21. The smallest absolute Gasteiger partial charge is 1.00 e. The second kappa shape index (κ2) is 19.0. The molecule has 0 unspecified atom stereocenters. The van der Waals surface area contributed by atoms with Crippen LogP contribution in [0, 0.1) is 0 Å². The zero-order valence-electron chi connectivity index (χ0n) is 10.4. The van der Waals surface area contributed by atoms with E-state index >= 15 is 0 Å². The first kappa shape index (κ1) is 30.6. The van der Waals surface area contributed by atoms with Crippen LogP contribution in [-0.4, -0.2) is 29.4 Å². The molecule has 6 N–H and O–H groups in total. The Balaban J connectivity index is -0.0000000218. The van der Waals surface area contributed by atoms with E-state index in [0.29, 0.717) is 0 Å². The molecule has 11 heteroatoms. The molecule has 0 aromatic heterocycles. The Kier molecular flexibility index (Phi) is 38.9. The first-order chi connectivity index (χ1) is 6.00. The van der Waals surface area contributed by atoms with Crippen molar-refractivity contribution < 1.29 is 82.2 Å². The maximum atomic E-state index is 7.56. The van der Waals surface area contributed by atoms with Crippen LogP contribution >= 0.6 is 13.4 Å². The van der Waals surface area contributed by atoms with Crippen molar-refractivity contribution >= 4 is 37.1 Å². The Morgan fingerprint density at radius 3 is 0.667 bits per heavy atom. The normalized spacial score (nSPS) is 8.67. The predicted molar refractivity (Wildman–Crippen MR) is 65.7 cm³/mol. The van der Waals surface area contributed by atoms with Gasteiger partial charge in [-0.05, 0) is 23.6 Å². The van der Waals surface area contributed by atoms with Gasteiger partial charge in [0.2, 0.25) is 0 Å². The Labute approximate surface area is 145 Å². The summed E-state index contributed by atoms with van der Waals surface area (Å²) < 4.78 is 0. The molecule has 0 rings (SSSR count). The maximum absolute atomic E-state index is 7.56. The van der Waals surface area contributed by atoms with Gasteiger partial charge in [0.15, 0.2) is 0 Å². The minimum atomic E-state index is -3.81. The van der Waals surface area contributed by atoms with Gasteiger partial charge in [0.1, 0.15) is 0 Å². The first-order valence-electron chi connectivity index (χ1n) is 3.57. The molecule has 0 atom stereocenters. The van der Waals surface area contributed by atoms with Crippen molar-refractivity contribution in [1.82, 2.24) is 0 Å². The monoisotopic (exact) mass is 328 g/mol. The molecular weight excluding hydrogens is 309 g/mol. The van der Waals surface area contributed by atoms with Crippen LogP contribution in [0.3, 0.4) is 0 Å². The SMILES string of the molecule is CC.CC.OP(O)(O)=S.OP(O)(O)=S.[H-].[K+]. The molecule has 0 aliphatic rings. The van der Waals surface area contributed by atoms with Gasteiger partial charge in [-0.25, -0.2) is 0 Å². The van der Waals surface area contributed by atoms with Gasteiger partial charge in [-0.1, -0.05) is 27.7 Å². The molecule has 0 fully saturated rings. The Morgan fingerprint density at radius 2 is 0.667 bits per heavy atom. The zero-order valence-corrected chi connectivity index (χ0v) is 15.9. The van der Waals surface area contributed by atoms with Crippen LogP contribution in [0.25, 0.3) is 0 Å². The molecule has 0 spiro atoms. The van der Waals surface area contributed by atoms with E-state index in [2.05, 4.69) is 23.6 Å². The summed E-state index contributed by atoms with van der Waals surface area (Å²) in [7, 11) is 0. The van der Waals surface area contributed by atoms with E-state index in [1.54, 1.807) is 0 Å². The van der Waals surface area contributed by atoms with Crippen molar-refractivity contribution in [2.24, 2.45) is 0 Å². The number of rotatable bonds is 0. The topological polar surface area (TPSA) is 121 Å². The molecule has 0 saturated carbocycles. The van der Waals surface area contributed by atoms with Crippen LogP contribution in [0.15, 0.2) is 0 Å². The molecule has 0 heterocycles. The molecule has 0 aromatic carbocycles. The predicted octanol–water partition coefficient (Wildman–Crippen LogP) is -2.46. The summed E-state index contributed by atoms with van der Waals surface area (Å²) in [5, 5.41) is 0. The maximum Gasteiger partial charge on any atom is 1.00 e. The molecular formula is C4H19KO6P2S2. The minimum Gasteiger partial charge on any atom is -1.00 e. The van der Waals surface area contributed by atoms with Gasteiger partial charge >= 0.3 is 64.8 Å². The van der Waals surface area contributed by atoms with E-state index in [1.165, 1.54) is 0 Å². The van der Waals surface area contributed by atoms with Crippen molar-refractivity contribution in [1.29, 1.82) is 0 Å². The zero-order chi connectivity index (χ0) is 13.0. The van der Waals surface area contributed by atoms with Crippen LogP contribution in [-0.2, 0) is 23.6 Å². The van der Waals surface area contributed by atoms with Gasteiger partial charge in [-0.2, -0.15) is 0 Å². The summed E-state index contributed by atoms with van der Waals surface area (Å²) in [6, 6.07) is 0. The summed E-state index contributed by atoms with van der Waals surface area (Å²) in [6.45, 7) is 0.389. The summed E-state index contributed by atoms with van der Waals surface area (Å²) in [6.07, 6.45) is 0. The largest absolute Gasteiger partial charge is 1.00 e. The Morgan fingerprint density at radius 1 is 0.667 bits per heavy atom. The van der Waals surface area contributed by atoms with Crippen molar-refractivity contribution in [2.45, 2.75) is 27.7 Å². The van der Waals surface area contributed by atoms with Crippen molar-refractivity contribution in [3.05, 3.63) is 0 Å². The van der Waals surface area contributed by atoms with Gasteiger partial charge in [0, 0.05) is 0 Å². The van der Waals surface area contributed by atoms with Gasteiger partial charge < -0.3 is 30.8 Å². The van der Waals surface area contributed by atoms with Crippen LogP contribution in [0.4, 0.5) is 0 Å². The minimum absolute atomic E-state index is 0.